The first-order chi connectivity index (χ1) is 16.8. The molecule has 35 heavy (non-hydrogen) atoms. The van der Waals surface area contributed by atoms with Gasteiger partial charge in [0.05, 0.1) is 24.7 Å². The summed E-state index contributed by atoms with van der Waals surface area (Å²) in [5, 5.41) is 12.8. The van der Waals surface area contributed by atoms with Gasteiger partial charge in [-0.05, 0) is 30.2 Å². The summed E-state index contributed by atoms with van der Waals surface area (Å²) < 4.78 is 6.85. The maximum absolute atomic E-state index is 13.8. The molecule has 1 fully saturated rings. The molecule has 0 unspecified atom stereocenters. The van der Waals surface area contributed by atoms with Crippen LogP contribution in [-0.4, -0.2) is 45.1 Å². The SMILES string of the molecule is Nc1ccn([C@@]2(N)C[C@H](C(=O)[C@H](Cc3ccccc3)NC(=O)c3ccccc3)[C@@H](CO)O2)c(=O)n1. The molecule has 0 aliphatic carbocycles. The first-order valence-corrected chi connectivity index (χ1v) is 11.2. The first-order valence-electron chi connectivity index (χ1n) is 11.2. The van der Waals surface area contributed by atoms with E-state index in [0.29, 0.717) is 5.56 Å². The summed E-state index contributed by atoms with van der Waals surface area (Å²) in [6.45, 7) is -0.503. The Bertz CT molecular complexity index is 1250. The number of ketones is 1. The number of aliphatic hydroxyl groups is 1. The Morgan fingerprint density at radius 2 is 1.80 bits per heavy atom. The molecule has 4 rings (SSSR count). The Morgan fingerprint density at radius 3 is 2.43 bits per heavy atom. The maximum atomic E-state index is 13.8. The molecule has 1 saturated heterocycles. The van der Waals surface area contributed by atoms with E-state index in [1.807, 2.05) is 30.3 Å². The van der Waals surface area contributed by atoms with Crippen molar-refractivity contribution in [3.63, 3.8) is 0 Å². The van der Waals surface area contributed by atoms with Gasteiger partial charge in [0.2, 0.25) is 5.85 Å². The Morgan fingerprint density at radius 1 is 1.14 bits per heavy atom. The molecule has 3 aromatic rings. The Kier molecular flexibility index (Phi) is 7.06. The summed E-state index contributed by atoms with van der Waals surface area (Å²) in [5.74, 6) is -3.35. The molecule has 1 aromatic heterocycles. The fourth-order valence-electron chi connectivity index (χ4n) is 4.31. The molecule has 10 nitrogen and oxygen atoms in total. The summed E-state index contributed by atoms with van der Waals surface area (Å²) >= 11 is 0. The zero-order valence-corrected chi connectivity index (χ0v) is 18.9. The smallest absolute Gasteiger partial charge is 0.352 e. The molecule has 10 heteroatoms. The molecule has 1 amide bonds. The van der Waals surface area contributed by atoms with E-state index in [0.717, 1.165) is 10.1 Å². The van der Waals surface area contributed by atoms with Gasteiger partial charge >= 0.3 is 5.69 Å². The van der Waals surface area contributed by atoms with Gasteiger partial charge in [0.15, 0.2) is 5.78 Å². The highest BCUT2D eigenvalue weighted by atomic mass is 16.6. The van der Waals surface area contributed by atoms with Gasteiger partial charge in [0, 0.05) is 18.2 Å². The summed E-state index contributed by atoms with van der Waals surface area (Å²) in [4.78, 5) is 42.7. The number of ether oxygens (including phenoxy) is 1. The highest BCUT2D eigenvalue weighted by Gasteiger charge is 2.50. The molecule has 0 bridgehead atoms. The molecule has 6 N–H and O–H groups in total. The third-order valence-electron chi connectivity index (χ3n) is 6.06. The van der Waals surface area contributed by atoms with E-state index in [1.165, 1.54) is 12.3 Å². The summed E-state index contributed by atoms with van der Waals surface area (Å²) in [6.07, 6.45) is 0.483. The van der Waals surface area contributed by atoms with E-state index in [4.69, 9.17) is 16.2 Å². The molecule has 0 spiro atoms. The molecule has 182 valence electrons. The van der Waals surface area contributed by atoms with Crippen LogP contribution in [0.15, 0.2) is 77.7 Å². The van der Waals surface area contributed by atoms with Crippen molar-refractivity contribution in [3.8, 4) is 0 Å². The number of rotatable bonds is 8. The highest BCUT2D eigenvalue weighted by molar-refractivity contribution is 5.98. The number of carbonyl (C=O) groups excluding carboxylic acids is 2. The molecule has 1 aliphatic rings. The summed E-state index contributed by atoms with van der Waals surface area (Å²) in [5.41, 5.74) is 12.5. The summed E-state index contributed by atoms with van der Waals surface area (Å²) in [7, 11) is 0. The normalized spacial score (nSPS) is 22.5. The number of nitrogens with two attached hydrogens (primary N) is 2. The van der Waals surface area contributed by atoms with Crippen LogP contribution in [-0.2, 0) is 21.8 Å². The van der Waals surface area contributed by atoms with Gasteiger partial charge in [0.1, 0.15) is 5.82 Å². The quantitative estimate of drug-likeness (QED) is 0.362. The summed E-state index contributed by atoms with van der Waals surface area (Å²) in [6, 6.07) is 18.3. The van der Waals surface area contributed by atoms with Crippen molar-refractivity contribution < 1.29 is 19.4 Å². The van der Waals surface area contributed by atoms with Gasteiger partial charge in [-0.15, -0.1) is 0 Å². The topological polar surface area (TPSA) is 163 Å². The van der Waals surface area contributed by atoms with Crippen LogP contribution >= 0.6 is 0 Å². The molecule has 0 radical (unpaired) electrons. The van der Waals surface area contributed by atoms with Gasteiger partial charge in [0.25, 0.3) is 5.91 Å². The van der Waals surface area contributed by atoms with Crippen LogP contribution < -0.4 is 22.5 Å². The minimum absolute atomic E-state index is 0.0192. The van der Waals surface area contributed by atoms with Crippen LogP contribution in [0, 0.1) is 5.92 Å². The van der Waals surface area contributed by atoms with E-state index < -0.39 is 42.1 Å². The van der Waals surface area contributed by atoms with Crippen molar-refractivity contribution in [1.82, 2.24) is 14.9 Å². The predicted octanol–water partition coefficient (Wildman–Crippen LogP) is 0.402. The van der Waals surface area contributed by atoms with Crippen LogP contribution in [0.25, 0.3) is 0 Å². The Hall–Kier alpha value is -3.86. The largest absolute Gasteiger partial charge is 0.394 e. The number of anilines is 1. The third-order valence-corrected chi connectivity index (χ3v) is 6.06. The lowest BCUT2D eigenvalue weighted by Crippen LogP contribution is -2.49. The molecule has 2 aromatic carbocycles. The van der Waals surface area contributed by atoms with E-state index >= 15 is 0 Å². The van der Waals surface area contributed by atoms with Crippen molar-refractivity contribution in [2.24, 2.45) is 11.7 Å². The zero-order valence-electron chi connectivity index (χ0n) is 18.9. The van der Waals surface area contributed by atoms with Crippen LogP contribution in [0.4, 0.5) is 5.82 Å². The van der Waals surface area contributed by atoms with E-state index in [1.54, 1.807) is 30.3 Å². The number of hydrogen-bond acceptors (Lipinski definition) is 8. The number of hydrogen-bond donors (Lipinski definition) is 4. The minimum Gasteiger partial charge on any atom is -0.394 e. The molecule has 2 heterocycles. The number of nitrogens with zero attached hydrogens (tertiary/aromatic N) is 2. The van der Waals surface area contributed by atoms with E-state index in [-0.39, 0.29) is 24.4 Å². The van der Waals surface area contributed by atoms with Crippen molar-refractivity contribution in [3.05, 3.63) is 94.5 Å². The van der Waals surface area contributed by atoms with Crippen LogP contribution in [0.2, 0.25) is 0 Å². The van der Waals surface area contributed by atoms with Gasteiger partial charge in [-0.2, -0.15) is 4.98 Å². The minimum atomic E-state index is -1.72. The lowest BCUT2D eigenvalue weighted by atomic mass is 9.87. The molecule has 1 aliphatic heterocycles. The lowest BCUT2D eigenvalue weighted by molar-refractivity contribution is -0.130. The average Bonchev–Trinajstić information content (AvgIpc) is 3.21. The number of benzene rings is 2. The van der Waals surface area contributed by atoms with Gasteiger partial charge < -0.3 is 20.9 Å². The molecular formula is C25H27N5O5. The number of nitrogen functional groups attached to an aromatic ring is 1. The van der Waals surface area contributed by atoms with Gasteiger partial charge in [-0.25, -0.2) is 4.79 Å². The average molecular weight is 478 g/mol. The fourth-order valence-corrected chi connectivity index (χ4v) is 4.31. The van der Waals surface area contributed by atoms with Gasteiger partial charge in [-0.1, -0.05) is 48.5 Å². The van der Waals surface area contributed by atoms with Crippen molar-refractivity contribution in [1.29, 1.82) is 0 Å². The number of Topliss-reactive ketones (excluding diaryl/α,β-unsaturated/α-hetero) is 1. The van der Waals surface area contributed by atoms with Crippen LogP contribution in [0.5, 0.6) is 0 Å². The Labute approximate surface area is 201 Å². The van der Waals surface area contributed by atoms with Crippen molar-refractivity contribution >= 4 is 17.5 Å². The molecule has 4 atom stereocenters. The second-order valence-electron chi connectivity index (χ2n) is 8.48. The van der Waals surface area contributed by atoms with Crippen LogP contribution in [0.1, 0.15) is 22.3 Å². The lowest BCUT2D eigenvalue weighted by Gasteiger charge is -2.26. The predicted molar refractivity (Wildman–Crippen MR) is 128 cm³/mol. The van der Waals surface area contributed by atoms with Gasteiger partial charge in [-0.3, -0.25) is 19.9 Å². The number of amides is 1. The fraction of sp³-hybridized carbons (Fsp3) is 0.280. The molecular weight excluding hydrogens is 450 g/mol. The standard InChI is InChI=1S/C25H27N5O5/c26-21-11-12-30(24(34)29-21)25(27)14-18(20(15-31)35-25)22(32)19(13-16-7-3-1-4-8-16)28-23(33)17-9-5-2-6-10-17/h1-12,18-20,31H,13-15,27H2,(H,28,33)(H2,26,29,34)/t18-,19-,20+,25-/m0/s1. The highest BCUT2D eigenvalue weighted by Crippen LogP contribution is 2.36. The number of aromatic nitrogens is 2. The Balaban J connectivity index is 1.62. The van der Waals surface area contributed by atoms with E-state index in [9.17, 15) is 19.5 Å². The first kappa shape index (κ1) is 24.3. The second kappa shape index (κ2) is 10.2. The number of nitrogens with one attached hydrogen (secondary N) is 1. The van der Waals surface area contributed by atoms with Crippen molar-refractivity contribution in [2.45, 2.75) is 30.8 Å². The molecule has 0 saturated carbocycles. The number of aliphatic hydroxyl groups excluding tert-OH is 1. The zero-order chi connectivity index (χ0) is 25.0. The second-order valence-corrected chi connectivity index (χ2v) is 8.48. The third kappa shape index (κ3) is 5.29. The monoisotopic (exact) mass is 477 g/mol. The number of carbonyl (C=O) groups is 2. The van der Waals surface area contributed by atoms with Crippen LogP contribution in [0.3, 0.4) is 0 Å². The maximum Gasteiger partial charge on any atom is 0.352 e. The van der Waals surface area contributed by atoms with E-state index in [2.05, 4.69) is 10.3 Å². The van der Waals surface area contributed by atoms with Crippen molar-refractivity contribution in [2.75, 3.05) is 12.3 Å².